The zero-order valence-electron chi connectivity index (χ0n) is 12.9. The van der Waals surface area contributed by atoms with Crippen LogP contribution in [0.1, 0.15) is 49.8 Å². The minimum absolute atomic E-state index is 0.00630. The van der Waals surface area contributed by atoms with Crippen molar-refractivity contribution in [2.24, 2.45) is 11.0 Å². The molecule has 0 saturated carbocycles. The lowest BCUT2D eigenvalue weighted by atomic mass is 10.0. The van der Waals surface area contributed by atoms with Crippen LogP contribution in [-0.2, 0) is 4.79 Å². The third-order valence-corrected chi connectivity index (χ3v) is 5.12. The highest BCUT2D eigenvalue weighted by Gasteiger charge is 2.36. The monoisotopic (exact) mass is 316 g/mol. The number of hydrazone groups is 1. The summed E-state index contributed by atoms with van der Waals surface area (Å²) in [7, 11) is 0. The summed E-state index contributed by atoms with van der Waals surface area (Å²) in [6, 6.07) is 7.83. The van der Waals surface area contributed by atoms with E-state index in [1.165, 1.54) is 4.88 Å². The Balaban J connectivity index is 1.92. The zero-order valence-corrected chi connectivity index (χ0v) is 13.7. The Hall–Kier alpha value is -1.88. The van der Waals surface area contributed by atoms with Crippen molar-refractivity contribution >= 4 is 23.0 Å². The molecule has 1 atom stereocenters. The molecule has 0 N–H and O–H groups in total. The molecular formula is C17H20N2O2S. The van der Waals surface area contributed by atoms with E-state index in [0.29, 0.717) is 6.42 Å². The molecule has 1 unspecified atom stereocenters. The van der Waals surface area contributed by atoms with Crippen molar-refractivity contribution in [1.82, 2.24) is 5.01 Å². The van der Waals surface area contributed by atoms with Crippen molar-refractivity contribution in [3.05, 3.63) is 46.5 Å². The van der Waals surface area contributed by atoms with Gasteiger partial charge in [0.2, 0.25) is 5.91 Å². The van der Waals surface area contributed by atoms with Crippen LogP contribution in [0.4, 0.5) is 0 Å². The first-order valence-electron chi connectivity index (χ1n) is 7.72. The number of furan rings is 1. The molecule has 0 aromatic carbocycles. The maximum atomic E-state index is 12.8. The first-order chi connectivity index (χ1) is 10.7. The van der Waals surface area contributed by atoms with Crippen LogP contribution in [0.2, 0.25) is 0 Å². The summed E-state index contributed by atoms with van der Waals surface area (Å²) in [5.74, 6) is 0.897. The lowest BCUT2D eigenvalue weighted by molar-refractivity contribution is -0.137. The van der Waals surface area contributed by atoms with Gasteiger partial charge in [-0.3, -0.25) is 4.79 Å². The van der Waals surface area contributed by atoms with Crippen molar-refractivity contribution < 1.29 is 9.21 Å². The largest absolute Gasteiger partial charge is 0.463 e. The van der Waals surface area contributed by atoms with E-state index >= 15 is 0 Å². The average molecular weight is 316 g/mol. The van der Waals surface area contributed by atoms with E-state index in [0.717, 1.165) is 24.3 Å². The average Bonchev–Trinajstić information content (AvgIpc) is 3.27. The quantitative estimate of drug-likeness (QED) is 0.818. The van der Waals surface area contributed by atoms with Crippen LogP contribution in [0.15, 0.2) is 45.4 Å². The summed E-state index contributed by atoms with van der Waals surface area (Å²) in [6.07, 6.45) is 4.03. The maximum Gasteiger partial charge on any atom is 0.246 e. The van der Waals surface area contributed by atoms with Gasteiger partial charge in [0.1, 0.15) is 11.5 Å². The topological polar surface area (TPSA) is 45.8 Å². The van der Waals surface area contributed by atoms with E-state index in [1.807, 2.05) is 23.6 Å². The molecule has 0 aliphatic carbocycles. The first kappa shape index (κ1) is 15.0. The highest BCUT2D eigenvalue weighted by molar-refractivity contribution is 7.10. The van der Waals surface area contributed by atoms with Gasteiger partial charge in [0.05, 0.1) is 12.3 Å². The molecule has 0 saturated heterocycles. The van der Waals surface area contributed by atoms with Crippen LogP contribution in [0.25, 0.3) is 0 Å². The standard InChI is InChI=1S/C17H20N2O2S/c1-3-12(4-2)17(20)19-14(16-8-6-10-22-16)11-13(18-19)15-7-5-9-21-15/h5-10,12,14H,3-4,11H2,1-2H3. The lowest BCUT2D eigenvalue weighted by Crippen LogP contribution is -2.32. The summed E-state index contributed by atoms with van der Waals surface area (Å²) in [6.45, 7) is 4.11. The van der Waals surface area contributed by atoms with Gasteiger partial charge in [0, 0.05) is 17.2 Å². The van der Waals surface area contributed by atoms with Crippen LogP contribution >= 0.6 is 11.3 Å². The molecule has 3 heterocycles. The van der Waals surface area contributed by atoms with E-state index < -0.39 is 0 Å². The van der Waals surface area contributed by atoms with Gasteiger partial charge < -0.3 is 4.42 Å². The Morgan fingerprint density at radius 2 is 2.23 bits per heavy atom. The predicted molar refractivity (Wildman–Crippen MR) is 87.8 cm³/mol. The second kappa shape index (κ2) is 6.48. The van der Waals surface area contributed by atoms with E-state index in [9.17, 15) is 4.79 Å². The summed E-state index contributed by atoms with van der Waals surface area (Å²) < 4.78 is 5.46. The number of hydrogen-bond acceptors (Lipinski definition) is 4. The lowest BCUT2D eigenvalue weighted by Gasteiger charge is -2.24. The number of hydrogen-bond donors (Lipinski definition) is 0. The first-order valence-corrected chi connectivity index (χ1v) is 8.60. The number of amides is 1. The molecule has 1 aliphatic heterocycles. The number of nitrogens with zero attached hydrogens (tertiary/aromatic N) is 2. The molecule has 5 heteroatoms. The Kier molecular flexibility index (Phi) is 4.43. The molecule has 1 aliphatic rings. The van der Waals surface area contributed by atoms with Gasteiger partial charge in [-0.15, -0.1) is 11.3 Å². The van der Waals surface area contributed by atoms with Gasteiger partial charge in [-0.2, -0.15) is 5.10 Å². The van der Waals surface area contributed by atoms with Crippen LogP contribution < -0.4 is 0 Å². The molecule has 0 fully saturated rings. The minimum Gasteiger partial charge on any atom is -0.463 e. The van der Waals surface area contributed by atoms with Gasteiger partial charge in [0.25, 0.3) is 0 Å². The second-order valence-corrected chi connectivity index (χ2v) is 6.43. The molecular weight excluding hydrogens is 296 g/mol. The van der Waals surface area contributed by atoms with Gasteiger partial charge in [-0.05, 0) is 36.4 Å². The molecule has 3 rings (SSSR count). The highest BCUT2D eigenvalue weighted by Crippen LogP contribution is 2.36. The van der Waals surface area contributed by atoms with Gasteiger partial charge >= 0.3 is 0 Å². The fourth-order valence-electron chi connectivity index (χ4n) is 2.83. The summed E-state index contributed by atoms with van der Waals surface area (Å²) in [5.41, 5.74) is 0.850. The summed E-state index contributed by atoms with van der Waals surface area (Å²) in [4.78, 5) is 14.0. The Morgan fingerprint density at radius 1 is 1.41 bits per heavy atom. The third kappa shape index (κ3) is 2.73. The molecule has 0 spiro atoms. The molecule has 2 aromatic rings. The van der Waals surface area contributed by atoms with Crippen molar-refractivity contribution in [3.8, 4) is 0 Å². The summed E-state index contributed by atoms with van der Waals surface area (Å²) in [5, 5.41) is 8.32. The van der Waals surface area contributed by atoms with Crippen LogP contribution in [0, 0.1) is 5.92 Å². The third-order valence-electron chi connectivity index (χ3n) is 4.15. The smallest absolute Gasteiger partial charge is 0.246 e. The second-order valence-electron chi connectivity index (χ2n) is 5.46. The fraction of sp³-hybridized carbons (Fsp3) is 0.412. The number of carbonyl (C=O) groups is 1. The van der Waals surface area contributed by atoms with Gasteiger partial charge in [0.15, 0.2) is 0 Å². The normalized spacial score (nSPS) is 18.0. The number of thiophene rings is 1. The Bertz CT molecular complexity index is 642. The maximum absolute atomic E-state index is 12.8. The van der Waals surface area contributed by atoms with Gasteiger partial charge in [-0.1, -0.05) is 19.9 Å². The molecule has 2 aromatic heterocycles. The Labute approximate surface area is 134 Å². The summed E-state index contributed by atoms with van der Waals surface area (Å²) >= 11 is 1.67. The minimum atomic E-state index is -0.00630. The van der Waals surface area contributed by atoms with E-state index in [2.05, 4.69) is 25.0 Å². The van der Waals surface area contributed by atoms with Crippen LogP contribution in [-0.4, -0.2) is 16.6 Å². The molecule has 4 nitrogen and oxygen atoms in total. The molecule has 22 heavy (non-hydrogen) atoms. The molecule has 0 bridgehead atoms. The predicted octanol–water partition coefficient (Wildman–Crippen LogP) is 4.46. The Morgan fingerprint density at radius 3 is 2.82 bits per heavy atom. The van der Waals surface area contributed by atoms with Crippen molar-refractivity contribution in [1.29, 1.82) is 0 Å². The zero-order chi connectivity index (χ0) is 15.5. The van der Waals surface area contributed by atoms with E-state index in [1.54, 1.807) is 22.6 Å². The SMILES string of the molecule is CCC(CC)C(=O)N1N=C(c2ccco2)CC1c1cccs1. The molecule has 1 amide bonds. The number of carbonyl (C=O) groups excluding carboxylic acids is 1. The van der Waals surface area contributed by atoms with Crippen LogP contribution in [0.5, 0.6) is 0 Å². The highest BCUT2D eigenvalue weighted by atomic mass is 32.1. The van der Waals surface area contributed by atoms with Crippen molar-refractivity contribution in [2.45, 2.75) is 39.2 Å². The molecule has 116 valence electrons. The van der Waals surface area contributed by atoms with Crippen molar-refractivity contribution in [2.75, 3.05) is 0 Å². The van der Waals surface area contributed by atoms with Gasteiger partial charge in [-0.25, -0.2) is 5.01 Å². The van der Waals surface area contributed by atoms with E-state index in [-0.39, 0.29) is 17.9 Å². The fourth-order valence-corrected chi connectivity index (χ4v) is 3.64. The van der Waals surface area contributed by atoms with E-state index in [4.69, 9.17) is 4.42 Å². The number of rotatable bonds is 5. The van der Waals surface area contributed by atoms with Crippen LogP contribution in [0.3, 0.4) is 0 Å². The molecule has 0 radical (unpaired) electrons. The van der Waals surface area contributed by atoms with Crippen molar-refractivity contribution in [3.63, 3.8) is 0 Å².